The predicted octanol–water partition coefficient (Wildman–Crippen LogP) is 2.60. The number of fused-ring (bicyclic) bond motifs is 1. The average Bonchev–Trinajstić information content (AvgIpc) is 2.80. The van der Waals surface area contributed by atoms with Gasteiger partial charge in [-0.2, -0.15) is 0 Å². The summed E-state index contributed by atoms with van der Waals surface area (Å²) in [6, 6.07) is 4.36. The van der Waals surface area contributed by atoms with Crippen LogP contribution in [-0.4, -0.2) is 26.0 Å². The lowest BCUT2D eigenvalue weighted by atomic mass is 10.2. The van der Waals surface area contributed by atoms with Gasteiger partial charge in [-0.25, -0.2) is 23.5 Å². The number of halogens is 2. The number of hydrogen-bond acceptors (Lipinski definition) is 3. The molecule has 0 spiro atoms. The summed E-state index contributed by atoms with van der Waals surface area (Å²) in [5.74, 6) is -2.35. The van der Waals surface area contributed by atoms with Crippen LogP contribution in [0.1, 0.15) is 10.4 Å². The van der Waals surface area contributed by atoms with E-state index in [4.69, 9.17) is 5.11 Å². The molecule has 1 aromatic carbocycles. The molecule has 0 unspecified atom stereocenters. The van der Waals surface area contributed by atoms with Gasteiger partial charge in [0, 0.05) is 17.8 Å². The van der Waals surface area contributed by atoms with Crippen LogP contribution in [0, 0.1) is 11.6 Å². The lowest BCUT2D eigenvalue weighted by molar-refractivity contribution is 0.0696. The molecule has 0 atom stereocenters. The van der Waals surface area contributed by atoms with E-state index in [2.05, 4.69) is 15.0 Å². The number of pyridine rings is 1. The van der Waals surface area contributed by atoms with Gasteiger partial charge in [0.2, 0.25) is 0 Å². The van der Waals surface area contributed by atoms with E-state index in [-0.39, 0.29) is 22.6 Å². The molecule has 3 aromatic rings. The molecule has 2 N–H and O–H groups in total. The molecule has 0 aliphatic rings. The van der Waals surface area contributed by atoms with Gasteiger partial charge < -0.3 is 10.1 Å². The zero-order chi connectivity index (χ0) is 14.3. The predicted molar refractivity (Wildman–Crippen MR) is 66.2 cm³/mol. The van der Waals surface area contributed by atoms with Crippen molar-refractivity contribution in [1.29, 1.82) is 0 Å². The Morgan fingerprint density at radius 2 is 1.85 bits per heavy atom. The van der Waals surface area contributed by atoms with E-state index < -0.39 is 17.6 Å². The number of nitrogens with one attached hydrogen (secondary N) is 1. The van der Waals surface area contributed by atoms with E-state index in [9.17, 15) is 13.6 Å². The molecule has 0 bridgehead atoms. The molecule has 3 rings (SSSR count). The lowest BCUT2D eigenvalue weighted by Crippen LogP contribution is -1.96. The first kappa shape index (κ1) is 12.2. The van der Waals surface area contributed by atoms with Crippen molar-refractivity contribution in [3.05, 3.63) is 47.7 Å². The standard InChI is InChI=1S/C13H7F2N3O2/c14-8-1-6(2-9(15)4-8)11-17-10-3-7(13(19)20)5-16-12(10)18-11/h1-5H,(H,19,20)(H,16,17,18). The summed E-state index contributed by atoms with van der Waals surface area (Å²) in [6.45, 7) is 0. The summed E-state index contributed by atoms with van der Waals surface area (Å²) < 4.78 is 26.3. The maximum atomic E-state index is 13.2. The number of aromatic amines is 1. The third-order valence-corrected chi connectivity index (χ3v) is 2.72. The van der Waals surface area contributed by atoms with Crippen molar-refractivity contribution in [3.63, 3.8) is 0 Å². The van der Waals surface area contributed by atoms with Crippen molar-refractivity contribution in [1.82, 2.24) is 15.0 Å². The molecule has 0 amide bonds. The number of aromatic carboxylic acids is 1. The number of carbonyl (C=O) groups is 1. The number of nitrogens with zero attached hydrogens (tertiary/aromatic N) is 2. The van der Waals surface area contributed by atoms with Gasteiger partial charge in [0.1, 0.15) is 17.5 Å². The van der Waals surface area contributed by atoms with Crippen LogP contribution < -0.4 is 0 Å². The summed E-state index contributed by atoms with van der Waals surface area (Å²) in [5.41, 5.74) is 0.870. The van der Waals surface area contributed by atoms with Crippen molar-refractivity contribution >= 4 is 17.1 Å². The topological polar surface area (TPSA) is 78.9 Å². The highest BCUT2D eigenvalue weighted by Crippen LogP contribution is 2.21. The number of rotatable bonds is 2. The minimum absolute atomic E-state index is 0.00174. The van der Waals surface area contributed by atoms with Crippen LogP contribution in [0.3, 0.4) is 0 Å². The molecule has 7 heteroatoms. The van der Waals surface area contributed by atoms with Crippen LogP contribution >= 0.6 is 0 Å². The van der Waals surface area contributed by atoms with Gasteiger partial charge >= 0.3 is 5.97 Å². The Bertz CT molecular complexity index is 809. The number of imidazole rings is 1. The molecule has 0 saturated heterocycles. The molecule has 5 nitrogen and oxygen atoms in total. The fourth-order valence-corrected chi connectivity index (χ4v) is 1.84. The molecule has 20 heavy (non-hydrogen) atoms. The van der Waals surface area contributed by atoms with E-state index in [1.807, 2.05) is 0 Å². The maximum absolute atomic E-state index is 13.2. The molecule has 2 aromatic heterocycles. The smallest absolute Gasteiger partial charge is 0.337 e. The fraction of sp³-hybridized carbons (Fsp3) is 0. The van der Waals surface area contributed by atoms with Gasteiger partial charge in [-0.05, 0) is 18.2 Å². The minimum Gasteiger partial charge on any atom is -0.478 e. The zero-order valence-corrected chi connectivity index (χ0v) is 9.89. The lowest BCUT2D eigenvalue weighted by Gasteiger charge is -1.97. The van der Waals surface area contributed by atoms with E-state index in [1.165, 1.54) is 12.3 Å². The number of aromatic nitrogens is 3. The van der Waals surface area contributed by atoms with Crippen molar-refractivity contribution in [2.45, 2.75) is 0 Å². The third-order valence-electron chi connectivity index (χ3n) is 2.72. The summed E-state index contributed by atoms with van der Waals surface area (Å²) in [5, 5.41) is 8.87. The number of carboxylic acids is 1. The second-order valence-electron chi connectivity index (χ2n) is 4.14. The fourth-order valence-electron chi connectivity index (χ4n) is 1.84. The van der Waals surface area contributed by atoms with Crippen LogP contribution in [0.25, 0.3) is 22.6 Å². The van der Waals surface area contributed by atoms with Gasteiger partial charge in [-0.15, -0.1) is 0 Å². The van der Waals surface area contributed by atoms with E-state index in [0.717, 1.165) is 18.2 Å². The Balaban J connectivity index is 2.15. The number of benzene rings is 1. The Morgan fingerprint density at radius 1 is 1.15 bits per heavy atom. The highest BCUT2D eigenvalue weighted by Gasteiger charge is 2.11. The van der Waals surface area contributed by atoms with Gasteiger partial charge in [0.25, 0.3) is 0 Å². The first-order valence-electron chi connectivity index (χ1n) is 5.58. The van der Waals surface area contributed by atoms with Crippen LogP contribution in [0.4, 0.5) is 8.78 Å². The average molecular weight is 275 g/mol. The van der Waals surface area contributed by atoms with Gasteiger partial charge in [-0.1, -0.05) is 0 Å². The summed E-state index contributed by atoms with van der Waals surface area (Å²) in [6.07, 6.45) is 1.17. The van der Waals surface area contributed by atoms with Gasteiger partial charge in [-0.3, -0.25) is 0 Å². The van der Waals surface area contributed by atoms with Crippen molar-refractivity contribution in [2.75, 3.05) is 0 Å². The normalized spacial score (nSPS) is 10.9. The molecule has 0 aliphatic heterocycles. The molecule has 0 fully saturated rings. The SMILES string of the molecule is O=C(O)c1cnc2nc(-c3cc(F)cc(F)c3)[nH]c2c1. The molecule has 0 radical (unpaired) electrons. The molecule has 2 heterocycles. The molecule has 0 aliphatic carbocycles. The Hall–Kier alpha value is -2.83. The van der Waals surface area contributed by atoms with E-state index in [1.54, 1.807) is 0 Å². The van der Waals surface area contributed by atoms with E-state index >= 15 is 0 Å². The summed E-state index contributed by atoms with van der Waals surface area (Å²) in [4.78, 5) is 21.6. The van der Waals surface area contributed by atoms with Crippen molar-refractivity contribution in [3.8, 4) is 11.4 Å². The summed E-state index contributed by atoms with van der Waals surface area (Å²) in [7, 11) is 0. The highest BCUT2D eigenvalue weighted by molar-refractivity contribution is 5.91. The van der Waals surface area contributed by atoms with Gasteiger partial charge in [0.15, 0.2) is 5.65 Å². The maximum Gasteiger partial charge on any atom is 0.337 e. The number of hydrogen-bond donors (Lipinski definition) is 2. The Morgan fingerprint density at radius 3 is 2.50 bits per heavy atom. The quantitative estimate of drug-likeness (QED) is 0.753. The third kappa shape index (κ3) is 2.09. The molecular weight excluding hydrogens is 268 g/mol. The second kappa shape index (κ2) is 4.37. The van der Waals surface area contributed by atoms with Crippen LogP contribution in [0.15, 0.2) is 30.5 Å². The molecular formula is C13H7F2N3O2. The Kier molecular flexibility index (Phi) is 2.67. The first-order chi connectivity index (χ1) is 9.52. The first-order valence-corrected chi connectivity index (χ1v) is 5.58. The van der Waals surface area contributed by atoms with Crippen LogP contribution in [0.2, 0.25) is 0 Å². The highest BCUT2D eigenvalue weighted by atomic mass is 19.1. The number of H-pyrrole nitrogens is 1. The second-order valence-corrected chi connectivity index (χ2v) is 4.14. The molecule has 0 saturated carbocycles. The van der Waals surface area contributed by atoms with Crippen molar-refractivity contribution in [2.24, 2.45) is 0 Å². The zero-order valence-electron chi connectivity index (χ0n) is 9.89. The van der Waals surface area contributed by atoms with Crippen molar-refractivity contribution < 1.29 is 18.7 Å². The Labute approximate surface area is 110 Å². The largest absolute Gasteiger partial charge is 0.478 e. The summed E-state index contributed by atoms with van der Waals surface area (Å²) >= 11 is 0. The van der Waals surface area contributed by atoms with Crippen LogP contribution in [-0.2, 0) is 0 Å². The van der Waals surface area contributed by atoms with E-state index in [0.29, 0.717) is 5.52 Å². The van der Waals surface area contributed by atoms with Crippen LogP contribution in [0.5, 0.6) is 0 Å². The minimum atomic E-state index is -1.12. The van der Waals surface area contributed by atoms with Gasteiger partial charge in [0.05, 0.1) is 11.1 Å². The monoisotopic (exact) mass is 275 g/mol. The number of carboxylic acid groups (broad SMARTS) is 1. The molecule has 100 valence electrons.